The molecule has 3 aromatic heterocycles. The minimum absolute atomic E-state index is 0.0593. The summed E-state index contributed by atoms with van der Waals surface area (Å²) >= 11 is 8.13. The highest BCUT2D eigenvalue weighted by Crippen LogP contribution is 2.45. The molecule has 4 atom stereocenters. The second kappa shape index (κ2) is 11.7. The Balaban J connectivity index is 1.36. The number of likely N-dealkylation sites (N-methyl/N-ethyl adjacent to an activating group) is 1. The monoisotopic (exact) mass is 654 g/mol. The summed E-state index contributed by atoms with van der Waals surface area (Å²) in [7, 11) is 3.64. The predicted molar refractivity (Wildman–Crippen MR) is 171 cm³/mol. The zero-order chi connectivity index (χ0) is 31.5. The van der Waals surface area contributed by atoms with Gasteiger partial charge in [-0.05, 0) is 44.5 Å². The molecule has 0 spiro atoms. The number of nitriles is 1. The average molecular weight is 655 g/mol. The number of rotatable bonds is 8. The lowest BCUT2D eigenvalue weighted by Crippen LogP contribution is -2.45. The SMILES string of the molecule is COCC1NCCC1N(C)c1nc(OC[C@@]23CCCN2C[C@H](F)C3)nc2c(Cl)c(-c3ccc(F)c4sc(N)c(C#N)c34)ncc12. The van der Waals surface area contributed by atoms with Crippen molar-refractivity contribution in [3.8, 4) is 23.3 Å². The molecule has 3 aliphatic heterocycles. The molecule has 45 heavy (non-hydrogen) atoms. The molecule has 3 aliphatic rings. The molecule has 3 N–H and O–H groups in total. The molecule has 0 bridgehead atoms. The molecule has 10 nitrogen and oxygen atoms in total. The summed E-state index contributed by atoms with van der Waals surface area (Å²) in [5.41, 5.74) is 7.09. The van der Waals surface area contributed by atoms with Crippen molar-refractivity contribution >= 4 is 54.7 Å². The van der Waals surface area contributed by atoms with Gasteiger partial charge in [0.2, 0.25) is 0 Å². The molecule has 0 amide bonds. The highest BCUT2D eigenvalue weighted by atomic mass is 35.5. The molecule has 4 aromatic rings. The van der Waals surface area contributed by atoms with Crippen LogP contribution in [-0.2, 0) is 4.74 Å². The number of hydrogen-bond acceptors (Lipinski definition) is 11. The lowest BCUT2D eigenvalue weighted by molar-refractivity contribution is 0.107. The Morgan fingerprint density at radius 2 is 2.20 bits per heavy atom. The van der Waals surface area contributed by atoms with Gasteiger partial charge in [0.05, 0.1) is 44.6 Å². The van der Waals surface area contributed by atoms with Crippen LogP contribution in [0, 0.1) is 17.1 Å². The standard InChI is InChI=1S/C31H33ClF2N8O2S/c1-41(22-6-8-37-21(22)14-43-2)29-19-12-38-25(17-4-5-20(34)27-23(17)18(11-35)28(36)45-27)24(32)26(19)39-30(40-29)44-15-31-7-3-9-42(31)13-16(33)10-31/h4-5,12,16,21-22,37H,3,6-10,13-15,36H2,1-2H3/t16-,21?,22?,31+/m1/s1. The van der Waals surface area contributed by atoms with Crippen LogP contribution < -0.4 is 20.7 Å². The van der Waals surface area contributed by atoms with Crippen molar-refractivity contribution in [1.29, 1.82) is 5.26 Å². The van der Waals surface area contributed by atoms with Gasteiger partial charge in [0.25, 0.3) is 0 Å². The first kappa shape index (κ1) is 30.3. The van der Waals surface area contributed by atoms with Gasteiger partial charge in [-0.2, -0.15) is 15.2 Å². The van der Waals surface area contributed by atoms with E-state index >= 15 is 0 Å². The summed E-state index contributed by atoms with van der Waals surface area (Å²) in [6.45, 7) is 2.87. The molecule has 14 heteroatoms. The normalized spacial score (nSPS) is 24.8. The van der Waals surface area contributed by atoms with E-state index in [1.807, 2.05) is 7.05 Å². The highest BCUT2D eigenvalue weighted by molar-refractivity contribution is 7.23. The van der Waals surface area contributed by atoms with Gasteiger partial charge in [-0.15, -0.1) is 11.3 Å². The number of methoxy groups -OCH3 is 1. The van der Waals surface area contributed by atoms with E-state index in [-0.39, 0.29) is 50.5 Å². The van der Waals surface area contributed by atoms with Crippen LogP contribution in [0.4, 0.5) is 19.6 Å². The number of nitrogens with zero attached hydrogens (tertiary/aromatic N) is 6. The number of nitrogen functional groups attached to an aromatic ring is 1. The van der Waals surface area contributed by atoms with Gasteiger partial charge in [0.15, 0.2) is 0 Å². The summed E-state index contributed by atoms with van der Waals surface area (Å²) in [6, 6.07) is 5.24. The van der Waals surface area contributed by atoms with Gasteiger partial charge in [-0.3, -0.25) is 9.88 Å². The molecule has 236 valence electrons. The quantitative estimate of drug-likeness (QED) is 0.270. The average Bonchev–Trinajstić information content (AvgIpc) is 3.79. The fraction of sp³-hybridized carbons (Fsp3) is 0.484. The summed E-state index contributed by atoms with van der Waals surface area (Å²) in [5.74, 6) is 0.104. The minimum Gasteiger partial charge on any atom is -0.461 e. The number of anilines is 2. The van der Waals surface area contributed by atoms with Gasteiger partial charge < -0.3 is 25.4 Å². The minimum atomic E-state index is -0.888. The number of nitrogens with two attached hydrogens (primary N) is 1. The second-order valence-corrected chi connectivity index (χ2v) is 13.5. The van der Waals surface area contributed by atoms with E-state index in [4.69, 9.17) is 41.8 Å². The van der Waals surface area contributed by atoms with Crippen molar-refractivity contribution < 1.29 is 18.3 Å². The van der Waals surface area contributed by atoms with Gasteiger partial charge in [0, 0.05) is 50.3 Å². The van der Waals surface area contributed by atoms with Crippen molar-refractivity contribution in [3.05, 3.63) is 34.7 Å². The smallest absolute Gasteiger partial charge is 0.319 e. The van der Waals surface area contributed by atoms with Crippen molar-refractivity contribution in [1.82, 2.24) is 25.2 Å². The number of halogens is 3. The predicted octanol–water partition coefficient (Wildman–Crippen LogP) is 4.92. The maximum absolute atomic E-state index is 14.8. The van der Waals surface area contributed by atoms with E-state index < -0.39 is 12.0 Å². The highest BCUT2D eigenvalue weighted by Gasteiger charge is 2.49. The first-order valence-corrected chi connectivity index (χ1v) is 16.2. The molecule has 7 rings (SSSR count). The van der Waals surface area contributed by atoms with Crippen LogP contribution in [0.1, 0.15) is 31.2 Å². The third-order valence-corrected chi connectivity index (χ3v) is 10.9. The number of alkyl halides is 1. The van der Waals surface area contributed by atoms with Crippen LogP contribution in [0.15, 0.2) is 18.3 Å². The van der Waals surface area contributed by atoms with Crippen LogP contribution in [0.5, 0.6) is 6.01 Å². The Kier molecular flexibility index (Phi) is 7.90. The van der Waals surface area contributed by atoms with Crippen molar-refractivity contribution in [2.75, 3.05) is 57.6 Å². The Morgan fingerprint density at radius 3 is 3.00 bits per heavy atom. The molecule has 6 heterocycles. The van der Waals surface area contributed by atoms with E-state index in [0.29, 0.717) is 52.9 Å². The molecule has 0 aliphatic carbocycles. The zero-order valence-corrected chi connectivity index (χ0v) is 26.5. The first-order valence-electron chi connectivity index (χ1n) is 15.0. The van der Waals surface area contributed by atoms with Gasteiger partial charge >= 0.3 is 6.01 Å². The Morgan fingerprint density at radius 1 is 1.36 bits per heavy atom. The maximum Gasteiger partial charge on any atom is 0.319 e. The third-order valence-electron chi connectivity index (χ3n) is 9.55. The van der Waals surface area contributed by atoms with Crippen molar-refractivity contribution in [2.24, 2.45) is 0 Å². The van der Waals surface area contributed by atoms with E-state index in [9.17, 15) is 14.0 Å². The van der Waals surface area contributed by atoms with Crippen LogP contribution in [0.25, 0.3) is 32.2 Å². The molecule has 0 saturated carbocycles. The van der Waals surface area contributed by atoms with E-state index in [2.05, 4.69) is 21.2 Å². The zero-order valence-electron chi connectivity index (χ0n) is 24.9. The summed E-state index contributed by atoms with van der Waals surface area (Å²) in [6.07, 6.45) is 3.88. The molecule has 3 fully saturated rings. The molecular formula is C31H33ClF2N8O2S. The van der Waals surface area contributed by atoms with Crippen LogP contribution >= 0.6 is 22.9 Å². The van der Waals surface area contributed by atoms with Crippen molar-refractivity contribution in [2.45, 2.75) is 49.5 Å². The lowest BCUT2D eigenvalue weighted by atomic mass is 9.95. The first-order chi connectivity index (χ1) is 21.7. The Labute approximate surface area is 268 Å². The largest absolute Gasteiger partial charge is 0.461 e. The topological polar surface area (TPSA) is 125 Å². The fourth-order valence-electron chi connectivity index (χ4n) is 7.41. The van der Waals surface area contributed by atoms with Gasteiger partial charge in [0.1, 0.15) is 41.0 Å². The lowest BCUT2D eigenvalue weighted by Gasteiger charge is -2.32. The van der Waals surface area contributed by atoms with Crippen molar-refractivity contribution in [3.63, 3.8) is 0 Å². The van der Waals surface area contributed by atoms with Crippen LogP contribution in [-0.4, -0.2) is 90.7 Å². The summed E-state index contributed by atoms with van der Waals surface area (Å²) in [4.78, 5) is 18.6. The second-order valence-electron chi connectivity index (χ2n) is 12.1. The van der Waals surface area contributed by atoms with Gasteiger partial charge in [-0.25, -0.2) is 8.78 Å². The van der Waals surface area contributed by atoms with Crippen LogP contribution in [0.3, 0.4) is 0 Å². The number of fused-ring (bicyclic) bond motifs is 3. The fourth-order valence-corrected chi connectivity index (χ4v) is 8.66. The summed E-state index contributed by atoms with van der Waals surface area (Å²) < 4.78 is 41.4. The number of aromatic nitrogens is 3. The number of pyridine rings is 1. The molecule has 3 saturated heterocycles. The number of thiophene rings is 1. The maximum atomic E-state index is 14.8. The Bertz CT molecular complexity index is 1840. The molecule has 0 radical (unpaired) electrons. The van der Waals surface area contributed by atoms with E-state index in [1.165, 1.54) is 6.07 Å². The van der Waals surface area contributed by atoms with E-state index in [0.717, 1.165) is 43.7 Å². The third kappa shape index (κ3) is 5.03. The van der Waals surface area contributed by atoms with Gasteiger partial charge in [-0.1, -0.05) is 11.6 Å². The number of hydrogen-bond donors (Lipinski definition) is 2. The van der Waals surface area contributed by atoms with Crippen LogP contribution in [0.2, 0.25) is 5.02 Å². The molecular weight excluding hydrogens is 622 g/mol. The van der Waals surface area contributed by atoms with E-state index in [1.54, 1.807) is 19.4 Å². The molecule has 2 unspecified atom stereocenters. The number of nitrogens with one attached hydrogen (secondary N) is 1. The number of ether oxygens (including phenoxy) is 2. The Hall–Kier alpha value is -3.41. The number of benzene rings is 1. The molecule has 1 aromatic carbocycles. The summed E-state index contributed by atoms with van der Waals surface area (Å²) in [5, 5.41) is 14.7.